The fourth-order valence-corrected chi connectivity index (χ4v) is 4.19. The molecule has 0 saturated carbocycles. The molecule has 4 rings (SSSR count). The van der Waals surface area contributed by atoms with E-state index in [0.717, 1.165) is 11.0 Å². The van der Waals surface area contributed by atoms with E-state index in [9.17, 15) is 9.59 Å². The second-order valence-corrected chi connectivity index (χ2v) is 11.0. The summed E-state index contributed by atoms with van der Waals surface area (Å²) in [5.41, 5.74) is 2.08. The lowest BCUT2D eigenvalue weighted by atomic mass is 10.1. The van der Waals surface area contributed by atoms with Crippen LogP contribution in [0, 0.1) is 0 Å². The van der Waals surface area contributed by atoms with Gasteiger partial charge >= 0.3 is 6.09 Å². The quantitative estimate of drug-likeness (QED) is 0.176. The van der Waals surface area contributed by atoms with Crippen LogP contribution in [0.2, 0.25) is 0 Å². The zero-order chi connectivity index (χ0) is 31.0. The molecule has 1 aromatic heterocycles. The lowest BCUT2D eigenvalue weighted by Crippen LogP contribution is -2.40. The van der Waals surface area contributed by atoms with Gasteiger partial charge in [0.2, 0.25) is 0 Å². The Kier molecular flexibility index (Phi) is 9.87. The van der Waals surface area contributed by atoms with Crippen molar-refractivity contribution in [2.75, 3.05) is 19.0 Å². The maximum atomic E-state index is 12.4. The van der Waals surface area contributed by atoms with Gasteiger partial charge in [-0.05, 0) is 76.2 Å². The summed E-state index contributed by atoms with van der Waals surface area (Å²) in [5, 5.41) is 6.46. The van der Waals surface area contributed by atoms with Crippen LogP contribution in [-0.2, 0) is 4.74 Å². The second-order valence-electron chi connectivity index (χ2n) is 11.0. The van der Waals surface area contributed by atoms with Crippen molar-refractivity contribution >= 4 is 28.6 Å². The van der Waals surface area contributed by atoms with E-state index in [4.69, 9.17) is 18.9 Å². The highest BCUT2D eigenvalue weighted by Crippen LogP contribution is 2.37. The Morgan fingerprint density at radius 3 is 2.33 bits per heavy atom. The van der Waals surface area contributed by atoms with E-state index in [1.54, 1.807) is 61.8 Å². The SMILES string of the molecule is C=C(C)[C@H](CCOc1cc2nccc(Oc3ccc(NC(=O)c4ccccc4)cc3)c2cc1OC)NC(=O)OC(C)(C)C. The molecule has 0 aliphatic rings. The predicted octanol–water partition coefficient (Wildman–Crippen LogP) is 7.53. The minimum Gasteiger partial charge on any atom is -0.493 e. The number of carbonyl (C=O) groups excluding carboxylic acids is 2. The van der Waals surface area contributed by atoms with Gasteiger partial charge in [0.25, 0.3) is 5.91 Å². The summed E-state index contributed by atoms with van der Waals surface area (Å²) in [4.78, 5) is 29.2. The maximum Gasteiger partial charge on any atom is 0.408 e. The van der Waals surface area contributed by atoms with E-state index < -0.39 is 11.7 Å². The first kappa shape index (κ1) is 30.9. The van der Waals surface area contributed by atoms with Crippen molar-refractivity contribution < 1.29 is 28.5 Å². The number of nitrogens with zero attached hydrogens (tertiary/aromatic N) is 1. The van der Waals surface area contributed by atoms with Crippen LogP contribution in [0.4, 0.5) is 10.5 Å². The highest BCUT2D eigenvalue weighted by molar-refractivity contribution is 6.04. The van der Waals surface area contributed by atoms with Crippen LogP contribution in [0.1, 0.15) is 44.5 Å². The smallest absolute Gasteiger partial charge is 0.408 e. The molecule has 0 bridgehead atoms. The van der Waals surface area contributed by atoms with Crippen molar-refractivity contribution in [1.82, 2.24) is 10.3 Å². The molecule has 0 radical (unpaired) electrons. The number of amides is 2. The maximum absolute atomic E-state index is 12.4. The Morgan fingerprint density at radius 2 is 1.67 bits per heavy atom. The average molecular weight is 584 g/mol. The number of benzene rings is 3. The molecular formula is C34H37N3O6. The fraction of sp³-hybridized carbons (Fsp3) is 0.265. The standard InChI is InChI=1S/C34H37N3O6/c1-22(2)27(37-33(39)43-34(3,4)5)17-19-41-31-21-28-26(20-30(31)40-6)29(16-18-35-28)42-25-14-12-24(13-15-25)36-32(38)23-10-8-7-9-11-23/h7-16,18,20-21,27H,1,17,19H2,2-6H3,(H,36,38)(H,37,39)/t27-/m0/s1. The van der Waals surface area contributed by atoms with Crippen molar-refractivity contribution in [1.29, 1.82) is 0 Å². The number of anilines is 1. The van der Waals surface area contributed by atoms with Crippen LogP contribution in [-0.4, -0.2) is 42.3 Å². The number of aromatic nitrogens is 1. The number of ether oxygens (including phenoxy) is 4. The normalized spacial score (nSPS) is 11.7. The molecule has 224 valence electrons. The molecule has 2 N–H and O–H groups in total. The topological polar surface area (TPSA) is 108 Å². The molecule has 0 spiro atoms. The fourth-order valence-electron chi connectivity index (χ4n) is 4.19. The number of methoxy groups -OCH3 is 1. The zero-order valence-electron chi connectivity index (χ0n) is 25.1. The van der Waals surface area contributed by atoms with Gasteiger partial charge in [-0.25, -0.2) is 4.79 Å². The minimum absolute atomic E-state index is 0.186. The van der Waals surface area contributed by atoms with Crippen LogP contribution in [0.25, 0.3) is 10.9 Å². The van der Waals surface area contributed by atoms with Crippen molar-refractivity contribution in [3.63, 3.8) is 0 Å². The molecule has 1 heterocycles. The summed E-state index contributed by atoms with van der Waals surface area (Å²) < 4.78 is 23.2. The summed E-state index contributed by atoms with van der Waals surface area (Å²) in [6, 6.07) is 21.2. The molecule has 4 aromatic rings. The van der Waals surface area contributed by atoms with Gasteiger partial charge in [-0.2, -0.15) is 0 Å². The first-order valence-corrected chi connectivity index (χ1v) is 13.9. The second kappa shape index (κ2) is 13.7. The van der Waals surface area contributed by atoms with Gasteiger partial charge in [0.05, 0.1) is 25.3 Å². The van der Waals surface area contributed by atoms with Crippen LogP contribution >= 0.6 is 0 Å². The van der Waals surface area contributed by atoms with Crippen LogP contribution in [0.5, 0.6) is 23.0 Å². The Labute approximate surface area is 251 Å². The van der Waals surface area contributed by atoms with Crippen molar-refractivity contribution in [2.45, 2.75) is 45.8 Å². The summed E-state index contributed by atoms with van der Waals surface area (Å²) in [7, 11) is 1.56. The zero-order valence-corrected chi connectivity index (χ0v) is 25.1. The molecule has 0 fully saturated rings. The highest BCUT2D eigenvalue weighted by atomic mass is 16.6. The lowest BCUT2D eigenvalue weighted by molar-refractivity contribution is 0.0507. The molecule has 0 aliphatic carbocycles. The summed E-state index contributed by atoms with van der Waals surface area (Å²) in [6.45, 7) is 11.6. The Bertz CT molecular complexity index is 1580. The minimum atomic E-state index is -0.599. The van der Waals surface area contributed by atoms with Gasteiger partial charge in [0, 0.05) is 35.3 Å². The largest absolute Gasteiger partial charge is 0.493 e. The molecule has 9 heteroatoms. The van der Waals surface area contributed by atoms with Crippen LogP contribution < -0.4 is 24.8 Å². The molecule has 43 heavy (non-hydrogen) atoms. The van der Waals surface area contributed by atoms with Gasteiger partial charge in [0.1, 0.15) is 17.1 Å². The van der Waals surface area contributed by atoms with Crippen LogP contribution in [0.15, 0.2) is 91.1 Å². The molecule has 1 atom stereocenters. The molecule has 3 aromatic carbocycles. The van der Waals surface area contributed by atoms with Gasteiger partial charge < -0.3 is 29.6 Å². The number of hydrogen-bond acceptors (Lipinski definition) is 7. The Morgan fingerprint density at radius 1 is 0.953 bits per heavy atom. The van der Waals surface area contributed by atoms with Crippen molar-refractivity contribution in [3.05, 3.63) is 96.7 Å². The average Bonchev–Trinajstić information content (AvgIpc) is 2.97. The van der Waals surface area contributed by atoms with Crippen LogP contribution in [0.3, 0.4) is 0 Å². The molecular weight excluding hydrogens is 546 g/mol. The Balaban J connectivity index is 1.43. The molecule has 0 unspecified atom stereocenters. The summed E-state index contributed by atoms with van der Waals surface area (Å²) >= 11 is 0. The number of rotatable bonds is 11. The first-order chi connectivity index (χ1) is 20.5. The third-order valence-corrected chi connectivity index (χ3v) is 6.31. The number of hydrogen-bond donors (Lipinski definition) is 2. The molecule has 9 nitrogen and oxygen atoms in total. The number of fused-ring (bicyclic) bond motifs is 1. The van der Waals surface area contributed by atoms with Gasteiger partial charge in [-0.1, -0.05) is 30.4 Å². The summed E-state index contributed by atoms with van der Waals surface area (Å²) in [5.74, 6) is 2.01. The van der Waals surface area contributed by atoms with Crippen molar-refractivity contribution in [3.8, 4) is 23.0 Å². The number of alkyl carbamates (subject to hydrolysis) is 1. The van der Waals surface area contributed by atoms with E-state index in [1.165, 1.54) is 0 Å². The van der Waals surface area contributed by atoms with E-state index in [0.29, 0.717) is 52.8 Å². The highest BCUT2D eigenvalue weighted by Gasteiger charge is 2.20. The number of pyridine rings is 1. The predicted molar refractivity (Wildman–Crippen MR) is 167 cm³/mol. The molecule has 2 amide bonds. The molecule has 0 saturated heterocycles. The van der Waals surface area contributed by atoms with E-state index >= 15 is 0 Å². The first-order valence-electron chi connectivity index (χ1n) is 13.9. The lowest BCUT2D eigenvalue weighted by Gasteiger charge is -2.24. The number of carbonyl (C=O) groups is 2. The van der Waals surface area contributed by atoms with Gasteiger partial charge in [0.15, 0.2) is 11.5 Å². The van der Waals surface area contributed by atoms with E-state index in [1.807, 2.05) is 52.0 Å². The van der Waals surface area contributed by atoms with Gasteiger partial charge in [-0.3, -0.25) is 9.78 Å². The Hall–Kier alpha value is -5.05. The third-order valence-electron chi connectivity index (χ3n) is 6.31. The van der Waals surface area contributed by atoms with Crippen molar-refractivity contribution in [2.24, 2.45) is 0 Å². The number of nitrogens with one attached hydrogen (secondary N) is 2. The van der Waals surface area contributed by atoms with E-state index in [-0.39, 0.29) is 11.9 Å². The third kappa shape index (κ3) is 8.72. The van der Waals surface area contributed by atoms with E-state index in [2.05, 4.69) is 22.2 Å². The molecule has 0 aliphatic heterocycles. The summed E-state index contributed by atoms with van der Waals surface area (Å²) in [6.07, 6.45) is 1.63. The monoisotopic (exact) mass is 583 g/mol. The van der Waals surface area contributed by atoms with Gasteiger partial charge in [-0.15, -0.1) is 0 Å².